The van der Waals surface area contributed by atoms with Gasteiger partial charge in [-0.3, -0.25) is 0 Å². The summed E-state index contributed by atoms with van der Waals surface area (Å²) in [6, 6.07) is -0.151. The SMILES string of the molecule is CCC(CC)N(CCOC)C(=O)N(CC)C(C)(C)C(=O)O. The number of methoxy groups -OCH3 is 1. The molecule has 0 atom stereocenters. The number of hydrogen-bond donors (Lipinski definition) is 1. The monoisotopic (exact) mass is 302 g/mol. The molecular weight excluding hydrogens is 272 g/mol. The van der Waals surface area contributed by atoms with E-state index in [9.17, 15) is 14.7 Å². The maximum absolute atomic E-state index is 12.8. The van der Waals surface area contributed by atoms with Crippen molar-refractivity contribution in [1.82, 2.24) is 9.80 Å². The number of urea groups is 1. The zero-order chi connectivity index (χ0) is 16.6. The van der Waals surface area contributed by atoms with Crippen LogP contribution in [0, 0.1) is 0 Å². The molecular formula is C15H30N2O4. The van der Waals surface area contributed by atoms with E-state index in [1.54, 1.807) is 32.8 Å². The van der Waals surface area contributed by atoms with Crippen LogP contribution in [0.4, 0.5) is 4.79 Å². The van der Waals surface area contributed by atoms with Gasteiger partial charge >= 0.3 is 12.0 Å². The Hall–Kier alpha value is -1.30. The Kier molecular flexibility index (Phi) is 8.32. The standard InChI is InChI=1S/C15H30N2O4/c1-7-12(8-2)16(10-11-21-6)14(20)17(9-3)15(4,5)13(18)19/h12H,7-11H2,1-6H3,(H,18,19). The number of amides is 2. The van der Waals surface area contributed by atoms with Gasteiger partial charge in [0.25, 0.3) is 0 Å². The predicted octanol–water partition coefficient (Wildman–Crippen LogP) is 2.43. The molecule has 0 aromatic rings. The van der Waals surface area contributed by atoms with E-state index in [1.807, 2.05) is 13.8 Å². The number of carbonyl (C=O) groups is 2. The zero-order valence-electron chi connectivity index (χ0n) is 14.2. The first kappa shape index (κ1) is 19.7. The molecule has 0 aliphatic carbocycles. The smallest absolute Gasteiger partial charge is 0.329 e. The van der Waals surface area contributed by atoms with Crippen molar-refractivity contribution in [3.05, 3.63) is 0 Å². The van der Waals surface area contributed by atoms with Crippen molar-refractivity contribution in [3.63, 3.8) is 0 Å². The number of carbonyl (C=O) groups excluding carboxylic acids is 1. The number of nitrogens with zero attached hydrogens (tertiary/aromatic N) is 2. The van der Waals surface area contributed by atoms with Gasteiger partial charge < -0.3 is 19.6 Å². The normalized spacial score (nSPS) is 11.6. The van der Waals surface area contributed by atoms with Gasteiger partial charge in [-0.1, -0.05) is 13.8 Å². The summed E-state index contributed by atoms with van der Waals surface area (Å²) in [5.74, 6) is -1.01. The molecule has 0 rings (SSSR count). The predicted molar refractivity (Wildman–Crippen MR) is 82.4 cm³/mol. The minimum atomic E-state index is -1.23. The number of carboxylic acids is 1. The molecule has 0 heterocycles. The number of ether oxygens (including phenoxy) is 1. The van der Waals surface area contributed by atoms with Crippen molar-refractivity contribution in [3.8, 4) is 0 Å². The number of hydrogen-bond acceptors (Lipinski definition) is 3. The second-order valence-electron chi connectivity index (χ2n) is 5.55. The van der Waals surface area contributed by atoms with Crippen molar-refractivity contribution in [2.75, 3.05) is 26.8 Å². The highest BCUT2D eigenvalue weighted by Gasteiger charge is 2.39. The van der Waals surface area contributed by atoms with Crippen LogP contribution in [0.1, 0.15) is 47.5 Å². The summed E-state index contributed by atoms with van der Waals surface area (Å²) >= 11 is 0. The van der Waals surface area contributed by atoms with Crippen molar-refractivity contribution in [2.24, 2.45) is 0 Å². The van der Waals surface area contributed by atoms with E-state index in [0.717, 1.165) is 12.8 Å². The molecule has 0 saturated heterocycles. The van der Waals surface area contributed by atoms with Crippen LogP contribution in [0.3, 0.4) is 0 Å². The average molecular weight is 302 g/mol. The second kappa shape index (κ2) is 8.87. The molecule has 1 N–H and O–H groups in total. The van der Waals surface area contributed by atoms with Gasteiger partial charge in [0.05, 0.1) is 6.61 Å². The largest absolute Gasteiger partial charge is 0.480 e. The third-order valence-electron chi connectivity index (χ3n) is 3.91. The number of likely N-dealkylation sites (N-methyl/N-ethyl adjacent to an activating group) is 1. The van der Waals surface area contributed by atoms with Crippen molar-refractivity contribution < 1.29 is 19.4 Å². The molecule has 2 amide bonds. The molecule has 0 saturated carbocycles. The maximum Gasteiger partial charge on any atom is 0.329 e. The van der Waals surface area contributed by atoms with Crippen LogP contribution in [0.25, 0.3) is 0 Å². The van der Waals surface area contributed by atoms with Gasteiger partial charge in [0.15, 0.2) is 0 Å². The Bertz CT molecular complexity index is 341. The molecule has 0 aromatic carbocycles. The van der Waals surface area contributed by atoms with Gasteiger partial charge in [-0.25, -0.2) is 9.59 Å². The minimum Gasteiger partial charge on any atom is -0.480 e. The van der Waals surface area contributed by atoms with Gasteiger partial charge in [0.1, 0.15) is 5.54 Å². The van der Waals surface area contributed by atoms with Gasteiger partial charge in [0, 0.05) is 26.2 Å². The summed E-state index contributed by atoms with van der Waals surface area (Å²) in [6.45, 7) is 10.2. The summed E-state index contributed by atoms with van der Waals surface area (Å²) in [7, 11) is 1.59. The number of rotatable bonds is 9. The maximum atomic E-state index is 12.8. The highest BCUT2D eigenvalue weighted by molar-refractivity contribution is 5.85. The van der Waals surface area contributed by atoms with E-state index < -0.39 is 11.5 Å². The number of carboxylic acid groups (broad SMARTS) is 1. The summed E-state index contributed by atoms with van der Waals surface area (Å²) in [4.78, 5) is 27.4. The van der Waals surface area contributed by atoms with Crippen molar-refractivity contribution in [1.29, 1.82) is 0 Å². The van der Waals surface area contributed by atoms with E-state index in [4.69, 9.17) is 4.74 Å². The molecule has 0 fully saturated rings. The topological polar surface area (TPSA) is 70.1 Å². The molecule has 0 spiro atoms. The summed E-state index contributed by atoms with van der Waals surface area (Å²) in [5, 5.41) is 9.37. The molecule has 6 nitrogen and oxygen atoms in total. The van der Waals surface area contributed by atoms with Crippen LogP contribution in [0.15, 0.2) is 0 Å². The molecule has 21 heavy (non-hydrogen) atoms. The van der Waals surface area contributed by atoms with E-state index in [-0.39, 0.29) is 12.1 Å². The summed E-state index contributed by atoms with van der Waals surface area (Å²) in [5.41, 5.74) is -1.23. The van der Waals surface area contributed by atoms with E-state index in [1.165, 1.54) is 4.90 Å². The van der Waals surface area contributed by atoms with Crippen LogP contribution in [0.2, 0.25) is 0 Å². The quantitative estimate of drug-likeness (QED) is 0.710. The fourth-order valence-corrected chi connectivity index (χ4v) is 2.39. The van der Waals surface area contributed by atoms with Gasteiger partial charge in [-0.2, -0.15) is 0 Å². The van der Waals surface area contributed by atoms with Crippen molar-refractivity contribution in [2.45, 2.75) is 59.0 Å². The first-order chi connectivity index (χ1) is 9.77. The minimum absolute atomic E-state index is 0.0892. The molecule has 6 heteroatoms. The molecule has 0 radical (unpaired) electrons. The summed E-state index contributed by atoms with van der Waals surface area (Å²) in [6.07, 6.45) is 1.66. The van der Waals surface area contributed by atoms with Gasteiger partial charge in [-0.15, -0.1) is 0 Å². The summed E-state index contributed by atoms with van der Waals surface area (Å²) < 4.78 is 5.08. The van der Waals surface area contributed by atoms with E-state index >= 15 is 0 Å². The number of aliphatic carboxylic acids is 1. The van der Waals surface area contributed by atoms with Crippen LogP contribution < -0.4 is 0 Å². The molecule has 124 valence electrons. The van der Waals surface area contributed by atoms with Crippen LogP contribution in [-0.4, -0.2) is 65.3 Å². The van der Waals surface area contributed by atoms with Crippen LogP contribution >= 0.6 is 0 Å². The fraction of sp³-hybridized carbons (Fsp3) is 0.867. The molecule has 0 unspecified atom stereocenters. The Morgan fingerprint density at radius 2 is 1.71 bits per heavy atom. The molecule has 0 aliphatic heterocycles. The second-order valence-corrected chi connectivity index (χ2v) is 5.55. The Morgan fingerprint density at radius 1 is 1.19 bits per heavy atom. The first-order valence-corrected chi connectivity index (χ1v) is 7.58. The first-order valence-electron chi connectivity index (χ1n) is 7.58. The highest BCUT2D eigenvalue weighted by atomic mass is 16.5. The van der Waals surface area contributed by atoms with Crippen LogP contribution in [-0.2, 0) is 9.53 Å². The Morgan fingerprint density at radius 3 is 2.05 bits per heavy atom. The van der Waals surface area contributed by atoms with Crippen molar-refractivity contribution >= 4 is 12.0 Å². The lowest BCUT2D eigenvalue weighted by atomic mass is 10.0. The Labute approximate surface area is 128 Å². The fourth-order valence-electron chi connectivity index (χ4n) is 2.39. The molecule has 0 bridgehead atoms. The third kappa shape index (κ3) is 4.88. The Balaban J connectivity index is 5.36. The average Bonchev–Trinajstić information content (AvgIpc) is 2.43. The molecule has 0 aromatic heterocycles. The third-order valence-corrected chi connectivity index (χ3v) is 3.91. The molecule has 0 aliphatic rings. The van der Waals surface area contributed by atoms with E-state index in [0.29, 0.717) is 19.7 Å². The zero-order valence-corrected chi connectivity index (χ0v) is 14.2. The lowest BCUT2D eigenvalue weighted by Gasteiger charge is -2.40. The highest BCUT2D eigenvalue weighted by Crippen LogP contribution is 2.20. The van der Waals surface area contributed by atoms with Gasteiger partial charge in [-0.05, 0) is 33.6 Å². The lowest BCUT2D eigenvalue weighted by molar-refractivity contribution is -0.147. The van der Waals surface area contributed by atoms with E-state index in [2.05, 4.69) is 0 Å². The van der Waals surface area contributed by atoms with Gasteiger partial charge in [0.2, 0.25) is 0 Å². The lowest BCUT2D eigenvalue weighted by Crippen LogP contribution is -2.59. The van der Waals surface area contributed by atoms with Crippen LogP contribution in [0.5, 0.6) is 0 Å².